The predicted octanol–water partition coefficient (Wildman–Crippen LogP) is 1.08. The van der Waals surface area contributed by atoms with E-state index < -0.39 is 0 Å². The summed E-state index contributed by atoms with van der Waals surface area (Å²) >= 11 is 1.53. The number of hydrogen-bond donors (Lipinski definition) is 2. The molecule has 0 bridgehead atoms. The van der Waals surface area contributed by atoms with E-state index in [0.717, 1.165) is 11.6 Å². The SMILES string of the molecule is CC1(C)C(N)CC1Nc1nncs1. The third-order valence-electron chi connectivity index (χ3n) is 3.00. The Balaban J connectivity index is 1.98. The van der Waals surface area contributed by atoms with Gasteiger partial charge in [0.25, 0.3) is 0 Å². The third kappa shape index (κ3) is 1.42. The molecule has 4 nitrogen and oxygen atoms in total. The summed E-state index contributed by atoms with van der Waals surface area (Å²) in [5.41, 5.74) is 7.81. The Morgan fingerprint density at radius 1 is 1.69 bits per heavy atom. The average Bonchev–Trinajstić information content (AvgIpc) is 2.56. The Bertz CT molecular complexity index is 282. The van der Waals surface area contributed by atoms with Crippen LogP contribution in [0.4, 0.5) is 5.13 Å². The van der Waals surface area contributed by atoms with E-state index in [0.29, 0.717) is 12.1 Å². The van der Waals surface area contributed by atoms with Crippen LogP contribution in [0.25, 0.3) is 0 Å². The first kappa shape index (κ1) is 8.90. The summed E-state index contributed by atoms with van der Waals surface area (Å²) in [5.74, 6) is 0. The van der Waals surface area contributed by atoms with E-state index in [1.165, 1.54) is 11.3 Å². The third-order valence-corrected chi connectivity index (χ3v) is 3.62. The Kier molecular flexibility index (Phi) is 2.00. The highest BCUT2D eigenvalue weighted by molar-refractivity contribution is 7.13. The van der Waals surface area contributed by atoms with Crippen LogP contribution >= 0.6 is 11.3 Å². The maximum Gasteiger partial charge on any atom is 0.205 e. The minimum Gasteiger partial charge on any atom is -0.357 e. The van der Waals surface area contributed by atoms with Crippen molar-refractivity contribution in [3.63, 3.8) is 0 Å². The fourth-order valence-electron chi connectivity index (χ4n) is 1.59. The zero-order valence-electron chi connectivity index (χ0n) is 7.82. The highest BCUT2D eigenvalue weighted by atomic mass is 32.1. The van der Waals surface area contributed by atoms with Crippen LogP contribution in [0, 0.1) is 5.41 Å². The summed E-state index contributed by atoms with van der Waals surface area (Å²) in [4.78, 5) is 0. The van der Waals surface area contributed by atoms with Crippen LogP contribution in [-0.2, 0) is 0 Å². The van der Waals surface area contributed by atoms with Gasteiger partial charge in [-0.15, -0.1) is 10.2 Å². The monoisotopic (exact) mass is 198 g/mol. The smallest absolute Gasteiger partial charge is 0.205 e. The fourth-order valence-corrected chi connectivity index (χ4v) is 2.09. The predicted molar refractivity (Wildman–Crippen MR) is 53.7 cm³/mol. The van der Waals surface area contributed by atoms with Crippen molar-refractivity contribution in [3.8, 4) is 0 Å². The van der Waals surface area contributed by atoms with Gasteiger partial charge in [-0.1, -0.05) is 25.2 Å². The first-order valence-electron chi connectivity index (χ1n) is 4.39. The minimum absolute atomic E-state index is 0.172. The van der Waals surface area contributed by atoms with E-state index in [-0.39, 0.29) is 5.41 Å². The van der Waals surface area contributed by atoms with Crippen molar-refractivity contribution in [1.82, 2.24) is 10.2 Å². The first-order chi connectivity index (χ1) is 6.10. The van der Waals surface area contributed by atoms with Crippen LogP contribution in [0.1, 0.15) is 20.3 Å². The lowest BCUT2D eigenvalue weighted by Crippen LogP contribution is -2.61. The molecular weight excluding hydrogens is 184 g/mol. The molecule has 1 aliphatic rings. The standard InChI is InChI=1S/C8H14N4S/c1-8(2)5(9)3-6(8)11-7-12-10-4-13-7/h4-6H,3,9H2,1-2H3,(H,11,12). The molecule has 1 aliphatic carbocycles. The van der Waals surface area contributed by atoms with Gasteiger partial charge in [-0.05, 0) is 6.42 Å². The number of nitrogens with one attached hydrogen (secondary N) is 1. The Labute approximate surface area is 81.6 Å². The van der Waals surface area contributed by atoms with Gasteiger partial charge in [0.2, 0.25) is 5.13 Å². The Hall–Kier alpha value is -0.680. The maximum absolute atomic E-state index is 5.90. The number of hydrogen-bond acceptors (Lipinski definition) is 5. The largest absolute Gasteiger partial charge is 0.357 e. The molecule has 2 rings (SSSR count). The Morgan fingerprint density at radius 3 is 2.92 bits per heavy atom. The van der Waals surface area contributed by atoms with Crippen LogP contribution in [0.3, 0.4) is 0 Å². The topological polar surface area (TPSA) is 63.8 Å². The molecular formula is C8H14N4S. The minimum atomic E-state index is 0.172. The lowest BCUT2D eigenvalue weighted by molar-refractivity contribution is 0.117. The molecule has 0 aliphatic heterocycles. The van der Waals surface area contributed by atoms with Gasteiger partial charge in [0.05, 0.1) is 0 Å². The highest BCUT2D eigenvalue weighted by Gasteiger charge is 2.46. The van der Waals surface area contributed by atoms with Gasteiger partial charge in [-0.2, -0.15) is 0 Å². The first-order valence-corrected chi connectivity index (χ1v) is 5.27. The van der Waals surface area contributed by atoms with E-state index in [1.54, 1.807) is 5.51 Å². The fraction of sp³-hybridized carbons (Fsp3) is 0.750. The van der Waals surface area contributed by atoms with Gasteiger partial charge in [-0.3, -0.25) is 0 Å². The summed E-state index contributed by atoms with van der Waals surface area (Å²) in [7, 11) is 0. The van der Waals surface area contributed by atoms with Crippen LogP contribution < -0.4 is 11.1 Å². The lowest BCUT2D eigenvalue weighted by atomic mass is 9.63. The molecule has 2 atom stereocenters. The summed E-state index contributed by atoms with van der Waals surface area (Å²) < 4.78 is 0. The Morgan fingerprint density at radius 2 is 2.46 bits per heavy atom. The van der Waals surface area contributed by atoms with Gasteiger partial charge in [0.15, 0.2) is 0 Å². The summed E-state index contributed by atoms with van der Waals surface area (Å²) in [5, 5.41) is 12.0. The highest BCUT2D eigenvalue weighted by Crippen LogP contribution is 2.40. The molecule has 1 aromatic rings. The number of rotatable bonds is 2. The molecule has 1 heterocycles. The molecule has 72 valence electrons. The lowest BCUT2D eigenvalue weighted by Gasteiger charge is -2.50. The number of anilines is 1. The van der Waals surface area contributed by atoms with Crippen LogP contribution in [0.5, 0.6) is 0 Å². The second-order valence-corrected chi connectivity index (χ2v) is 4.94. The second-order valence-electron chi connectivity index (χ2n) is 4.10. The van der Waals surface area contributed by atoms with Crippen LogP contribution in [-0.4, -0.2) is 22.3 Å². The zero-order chi connectivity index (χ0) is 9.47. The van der Waals surface area contributed by atoms with E-state index in [2.05, 4.69) is 29.4 Å². The van der Waals surface area contributed by atoms with Gasteiger partial charge in [-0.25, -0.2) is 0 Å². The summed E-state index contributed by atoms with van der Waals surface area (Å²) in [6.07, 6.45) is 1.02. The molecule has 0 saturated heterocycles. The molecule has 13 heavy (non-hydrogen) atoms. The summed E-state index contributed by atoms with van der Waals surface area (Å²) in [6.45, 7) is 4.36. The number of aromatic nitrogens is 2. The molecule has 0 radical (unpaired) electrons. The van der Waals surface area contributed by atoms with Crippen molar-refractivity contribution in [2.75, 3.05) is 5.32 Å². The van der Waals surface area contributed by atoms with Crippen molar-refractivity contribution in [2.45, 2.75) is 32.4 Å². The van der Waals surface area contributed by atoms with Crippen LogP contribution in [0.15, 0.2) is 5.51 Å². The quantitative estimate of drug-likeness (QED) is 0.746. The summed E-state index contributed by atoms with van der Waals surface area (Å²) in [6, 6.07) is 0.744. The van der Waals surface area contributed by atoms with E-state index in [9.17, 15) is 0 Å². The van der Waals surface area contributed by atoms with Crippen molar-refractivity contribution >= 4 is 16.5 Å². The maximum atomic E-state index is 5.90. The molecule has 1 fully saturated rings. The van der Waals surface area contributed by atoms with Gasteiger partial charge < -0.3 is 11.1 Å². The van der Waals surface area contributed by atoms with E-state index in [4.69, 9.17) is 5.73 Å². The molecule has 3 N–H and O–H groups in total. The van der Waals surface area contributed by atoms with E-state index in [1.807, 2.05) is 0 Å². The van der Waals surface area contributed by atoms with E-state index >= 15 is 0 Å². The van der Waals surface area contributed by atoms with Crippen molar-refractivity contribution < 1.29 is 0 Å². The van der Waals surface area contributed by atoms with Gasteiger partial charge in [0, 0.05) is 17.5 Å². The molecule has 0 amide bonds. The molecule has 1 saturated carbocycles. The molecule has 5 heteroatoms. The molecule has 0 spiro atoms. The number of nitrogens with zero attached hydrogens (tertiary/aromatic N) is 2. The van der Waals surface area contributed by atoms with Crippen molar-refractivity contribution in [3.05, 3.63) is 5.51 Å². The zero-order valence-corrected chi connectivity index (χ0v) is 8.64. The van der Waals surface area contributed by atoms with Crippen molar-refractivity contribution in [2.24, 2.45) is 11.1 Å². The van der Waals surface area contributed by atoms with Gasteiger partial charge >= 0.3 is 0 Å². The molecule has 1 aromatic heterocycles. The molecule has 0 aromatic carbocycles. The van der Waals surface area contributed by atoms with Crippen LogP contribution in [0.2, 0.25) is 0 Å². The van der Waals surface area contributed by atoms with Crippen molar-refractivity contribution in [1.29, 1.82) is 0 Å². The second kappa shape index (κ2) is 2.92. The number of nitrogens with two attached hydrogens (primary N) is 1. The van der Waals surface area contributed by atoms with Gasteiger partial charge in [0.1, 0.15) is 5.51 Å². The molecule has 2 unspecified atom stereocenters. The average molecular weight is 198 g/mol. The normalized spacial score (nSPS) is 31.0.